The van der Waals surface area contributed by atoms with Gasteiger partial charge < -0.3 is 24.5 Å². The summed E-state index contributed by atoms with van der Waals surface area (Å²) in [7, 11) is 6.10. The number of nitrogens with zero attached hydrogens (tertiary/aromatic N) is 6. The van der Waals surface area contributed by atoms with Crippen LogP contribution in [0.2, 0.25) is 0 Å². The van der Waals surface area contributed by atoms with E-state index in [2.05, 4.69) is 262 Å². The molecule has 0 amide bonds. The Morgan fingerprint density at radius 3 is 1.01 bits per heavy atom. The van der Waals surface area contributed by atoms with Crippen molar-refractivity contribution in [2.24, 2.45) is 113 Å². The predicted octanol–water partition coefficient (Wildman–Crippen LogP) is 27.0. The van der Waals surface area contributed by atoms with Crippen molar-refractivity contribution in [3.63, 3.8) is 0 Å². The summed E-state index contributed by atoms with van der Waals surface area (Å²) in [5.41, 5.74) is 5.94. The number of hydrogen-bond acceptors (Lipinski definition) is 6. The third-order valence-corrected chi connectivity index (χ3v) is 26.8. The van der Waals surface area contributed by atoms with Crippen molar-refractivity contribution in [2.75, 3.05) is 106 Å². The Balaban J connectivity index is 0.000000587. The van der Waals surface area contributed by atoms with Gasteiger partial charge in [0.2, 0.25) is 0 Å². The highest BCUT2D eigenvalue weighted by molar-refractivity contribution is 5.04. The monoisotopic (exact) mass is 1480 g/mol. The van der Waals surface area contributed by atoms with Gasteiger partial charge in [0.25, 0.3) is 11.8 Å². The van der Waals surface area contributed by atoms with Crippen LogP contribution in [0.3, 0.4) is 0 Å². The van der Waals surface area contributed by atoms with Crippen molar-refractivity contribution in [3.05, 3.63) is 12.3 Å². The molecule has 8 atom stereocenters. The van der Waals surface area contributed by atoms with Crippen LogP contribution in [-0.2, 0) is 0 Å². The molecule has 6 saturated heterocycles. The molecule has 9 rings (SSSR count). The minimum Gasteiger partial charge on any atom is -0.378 e. The van der Waals surface area contributed by atoms with Gasteiger partial charge in [0, 0.05) is 70.4 Å². The van der Waals surface area contributed by atoms with Crippen molar-refractivity contribution >= 4 is 0 Å². The fraction of sp³-hybridized carbons (Fsp3) is 0.979. The van der Waals surface area contributed by atoms with E-state index in [0.717, 1.165) is 61.3 Å². The van der Waals surface area contributed by atoms with Crippen molar-refractivity contribution in [2.45, 2.75) is 376 Å². The Bertz CT molecular complexity index is 2330. The van der Waals surface area contributed by atoms with Gasteiger partial charge in [0.05, 0.1) is 13.1 Å². The third kappa shape index (κ3) is 37.6. The maximum atomic E-state index is 13.3. The van der Waals surface area contributed by atoms with Crippen LogP contribution >= 0.6 is 0 Å². The molecule has 9 aliphatic rings. The Kier molecular flexibility index (Phi) is 39.1. The fourth-order valence-corrected chi connectivity index (χ4v) is 18.6. The SMILES string of the molecule is C=C1CC(C(C)(C)C)CN1C.CC(C)(C)C1CCCC1.CC(C)(C)C1CCCC1(C)C.CC(F)(F)CN1CC(C(C)(C)C)CC1(C)C.CC1(C)CCC(C(C)(C)C)C1.CCCN1CCC(C(C)(C)C)C1.CCCN1CCC(C(C)(C)C)C1.CN1CC(C(C)(C)C)C(F)(F)C1.CN1CCC(C(C)(C)C)C1. The molecule has 0 N–H and O–H groups in total. The average Bonchev–Trinajstić information content (AvgIpc) is 1.65. The summed E-state index contributed by atoms with van der Waals surface area (Å²) >= 11 is 0. The normalized spacial score (nSPS) is 28.0. The van der Waals surface area contributed by atoms with Gasteiger partial charge in [-0.15, -0.1) is 0 Å². The minimum absolute atomic E-state index is 0.0884. The number of likely N-dealkylation sites (tertiary alicyclic amines) is 6. The van der Waals surface area contributed by atoms with E-state index in [1.54, 1.807) is 11.9 Å². The zero-order chi connectivity index (χ0) is 81.5. The molecule has 6 nitrogen and oxygen atoms in total. The van der Waals surface area contributed by atoms with E-state index < -0.39 is 17.8 Å². The Labute approximate surface area is 650 Å². The zero-order valence-corrected chi connectivity index (χ0v) is 77.8. The van der Waals surface area contributed by atoms with Crippen LogP contribution in [0, 0.1) is 113 Å². The van der Waals surface area contributed by atoms with Crippen LogP contribution in [0.1, 0.15) is 358 Å². The predicted molar refractivity (Wildman–Crippen MR) is 455 cm³/mol. The molecule has 0 spiro atoms. The van der Waals surface area contributed by atoms with Crippen LogP contribution in [-0.4, -0.2) is 153 Å². The minimum atomic E-state index is -2.59. The molecule has 622 valence electrons. The van der Waals surface area contributed by atoms with E-state index in [1.807, 2.05) is 25.7 Å². The van der Waals surface area contributed by atoms with Gasteiger partial charge in [-0.05, 0) is 257 Å². The van der Waals surface area contributed by atoms with Gasteiger partial charge in [0.15, 0.2) is 0 Å². The lowest BCUT2D eigenvalue weighted by Crippen LogP contribution is -2.44. The van der Waals surface area contributed by atoms with Crippen molar-refractivity contribution in [3.8, 4) is 0 Å². The van der Waals surface area contributed by atoms with Gasteiger partial charge in [-0.2, -0.15) is 0 Å². The van der Waals surface area contributed by atoms with E-state index in [4.69, 9.17) is 0 Å². The van der Waals surface area contributed by atoms with Gasteiger partial charge in [0.1, 0.15) is 0 Å². The molecule has 0 aromatic carbocycles. The maximum Gasteiger partial charge on any atom is 0.265 e. The van der Waals surface area contributed by atoms with E-state index in [-0.39, 0.29) is 29.5 Å². The Hall–Kier alpha value is -0.940. The highest BCUT2D eigenvalue weighted by atomic mass is 19.3. The summed E-state index contributed by atoms with van der Waals surface area (Å²) < 4.78 is 52.8. The smallest absolute Gasteiger partial charge is 0.265 e. The number of allylic oxidation sites excluding steroid dienone is 1. The van der Waals surface area contributed by atoms with Crippen LogP contribution in [0.4, 0.5) is 17.6 Å². The van der Waals surface area contributed by atoms with E-state index in [1.165, 1.54) is 167 Å². The average molecular weight is 1480 g/mol. The quantitative estimate of drug-likeness (QED) is 0.245. The van der Waals surface area contributed by atoms with Crippen molar-refractivity contribution in [1.29, 1.82) is 0 Å². The zero-order valence-electron chi connectivity index (χ0n) is 77.8. The molecule has 9 fully saturated rings. The topological polar surface area (TPSA) is 19.4 Å². The molecule has 0 aromatic rings. The second-order valence-electron chi connectivity index (χ2n) is 47.7. The first kappa shape index (κ1) is 101. The van der Waals surface area contributed by atoms with Crippen LogP contribution in [0.5, 0.6) is 0 Å². The van der Waals surface area contributed by atoms with E-state index >= 15 is 0 Å². The second-order valence-corrected chi connectivity index (χ2v) is 47.7. The molecule has 3 saturated carbocycles. The number of rotatable bonds is 6. The summed E-state index contributed by atoms with van der Waals surface area (Å²) in [6, 6.07) is 0. The van der Waals surface area contributed by atoms with Crippen molar-refractivity contribution < 1.29 is 17.6 Å². The van der Waals surface area contributed by atoms with Crippen LogP contribution in [0.25, 0.3) is 0 Å². The first-order valence-electron chi connectivity index (χ1n) is 43.1. The molecule has 8 unspecified atom stereocenters. The number of alkyl halides is 4. The van der Waals surface area contributed by atoms with Gasteiger partial charge in [-0.25, -0.2) is 17.6 Å². The molecular formula is C94H188F4N6. The lowest BCUT2D eigenvalue weighted by Gasteiger charge is -2.37. The van der Waals surface area contributed by atoms with E-state index in [9.17, 15) is 17.6 Å². The van der Waals surface area contributed by atoms with Crippen molar-refractivity contribution in [1.82, 2.24) is 29.4 Å². The molecule has 104 heavy (non-hydrogen) atoms. The molecule has 0 bridgehead atoms. The highest BCUT2D eigenvalue weighted by Gasteiger charge is 2.52. The Morgan fingerprint density at radius 2 is 0.798 bits per heavy atom. The largest absolute Gasteiger partial charge is 0.378 e. The molecule has 6 heterocycles. The summed E-state index contributed by atoms with van der Waals surface area (Å²) in [4.78, 5) is 13.6. The molecule has 6 aliphatic heterocycles. The highest BCUT2D eigenvalue weighted by Crippen LogP contribution is 2.52. The van der Waals surface area contributed by atoms with Gasteiger partial charge in [-0.1, -0.05) is 254 Å². The maximum absolute atomic E-state index is 13.3. The standard InChI is InChI=1S/C13H25F2N.2C11H23N.2C11H22.C10H19N.C9H17F2N.C9H19N.C9H18/c1-11(2,3)10-7-12(4,5)16(8-10)9-13(6,14)15;2*1-5-7-12-8-6-10(9-12)11(2,3)4;1-10(2,3)9-6-7-11(4,5)8-9;1-10(2,3)9-7-6-8-11(9,4)5;1-8-6-9(7-11(8)5)10(2,3)4;1-8(2,3)7-5-12(4)6-9(7,10)11;1-9(2,3)8-5-6-10(4)7-8;1-9(2,3)8-6-4-5-7-8/h10H,7-9H2,1-6H3;2*10H,5-9H2,1-4H3;2*9H,6-8H2,1-5H3;9H,1,6-7H2,2-5H3;7H,5-6H2,1-4H3;8H,5-7H2,1-4H3;8H,4-7H2,1-3H3. The first-order chi connectivity index (χ1) is 46.4. The summed E-state index contributed by atoms with van der Waals surface area (Å²) in [5, 5.41) is 0. The van der Waals surface area contributed by atoms with Crippen LogP contribution < -0.4 is 0 Å². The molecule has 0 radical (unpaired) electrons. The Morgan fingerprint density at radius 1 is 0.394 bits per heavy atom. The first-order valence-corrected chi connectivity index (χ1v) is 43.1. The number of halogens is 4. The summed E-state index contributed by atoms with van der Waals surface area (Å²) in [6.45, 7) is 97.9. The summed E-state index contributed by atoms with van der Waals surface area (Å²) in [5.74, 6) is 1.34. The fourth-order valence-electron chi connectivity index (χ4n) is 18.6. The molecule has 10 heteroatoms. The van der Waals surface area contributed by atoms with Gasteiger partial charge >= 0.3 is 0 Å². The second kappa shape index (κ2) is 40.2. The summed E-state index contributed by atoms with van der Waals surface area (Å²) in [6.07, 6.45) is 23.5. The molecule has 3 aliphatic carbocycles. The van der Waals surface area contributed by atoms with E-state index in [0.29, 0.717) is 61.2 Å². The van der Waals surface area contributed by atoms with Gasteiger partial charge in [-0.3, -0.25) is 4.90 Å². The molecule has 0 aromatic heterocycles. The third-order valence-electron chi connectivity index (χ3n) is 26.8. The lowest BCUT2D eigenvalue weighted by atomic mass is 9.68. The number of hydrogen-bond donors (Lipinski definition) is 0. The molecular weight excluding hydrogens is 1290 g/mol. The van der Waals surface area contributed by atoms with Crippen LogP contribution in [0.15, 0.2) is 12.3 Å². The lowest BCUT2D eigenvalue weighted by molar-refractivity contribution is -0.0621.